The second kappa shape index (κ2) is 5.59. The van der Waals surface area contributed by atoms with Crippen molar-refractivity contribution in [2.24, 2.45) is 0 Å². The van der Waals surface area contributed by atoms with Crippen LogP contribution in [-0.2, 0) is 6.54 Å². The van der Waals surface area contributed by atoms with E-state index in [1.54, 1.807) is 0 Å². The Hall–Kier alpha value is -1.59. The van der Waals surface area contributed by atoms with Crippen LogP contribution < -0.4 is 5.32 Å². The smallest absolute Gasteiger partial charge is 0.203 e. The van der Waals surface area contributed by atoms with Gasteiger partial charge in [-0.1, -0.05) is 0 Å². The van der Waals surface area contributed by atoms with Crippen LogP contribution in [0.5, 0.6) is 0 Å². The zero-order valence-corrected chi connectivity index (χ0v) is 11.6. The van der Waals surface area contributed by atoms with E-state index in [1.807, 2.05) is 17.6 Å². The third-order valence-electron chi connectivity index (χ3n) is 3.30. The number of benzene rings is 1. The number of rotatable bonds is 5. The van der Waals surface area contributed by atoms with Crippen molar-refractivity contribution in [3.63, 3.8) is 0 Å². The van der Waals surface area contributed by atoms with Gasteiger partial charge < -0.3 is 20.1 Å². The van der Waals surface area contributed by atoms with Crippen LogP contribution in [-0.4, -0.2) is 39.0 Å². The number of hydrogen-bond donors (Lipinski definition) is 3. The second-order valence-corrected chi connectivity index (χ2v) is 4.84. The Bertz CT molecular complexity index is 578. The van der Waals surface area contributed by atoms with Gasteiger partial charge in [0.15, 0.2) is 0 Å². The molecule has 0 aliphatic heterocycles. The van der Waals surface area contributed by atoms with E-state index in [-0.39, 0.29) is 6.61 Å². The summed E-state index contributed by atoms with van der Waals surface area (Å²) in [4.78, 5) is 4.55. The lowest BCUT2D eigenvalue weighted by Crippen LogP contribution is -2.21. The number of aliphatic hydroxyl groups is 2. The van der Waals surface area contributed by atoms with Gasteiger partial charge in [-0.05, 0) is 44.0 Å². The monoisotopic (exact) mass is 263 g/mol. The fourth-order valence-electron chi connectivity index (χ4n) is 2.13. The van der Waals surface area contributed by atoms with Gasteiger partial charge in [-0.25, -0.2) is 4.98 Å². The number of fused-ring (bicyclic) bond motifs is 1. The molecule has 2 aromatic rings. The highest BCUT2D eigenvalue weighted by Gasteiger charge is 2.14. The summed E-state index contributed by atoms with van der Waals surface area (Å²) in [7, 11) is 0. The lowest BCUT2D eigenvalue weighted by atomic mass is 10.1. The number of aryl methyl sites for hydroxylation is 2. The lowest BCUT2D eigenvalue weighted by molar-refractivity contribution is 0.0825. The fraction of sp³-hybridized carbons (Fsp3) is 0.500. The van der Waals surface area contributed by atoms with E-state index in [9.17, 15) is 5.11 Å². The van der Waals surface area contributed by atoms with E-state index < -0.39 is 6.10 Å². The number of anilines is 1. The van der Waals surface area contributed by atoms with Gasteiger partial charge in [0.05, 0.1) is 30.3 Å². The average molecular weight is 263 g/mol. The molecule has 0 spiro atoms. The molecule has 19 heavy (non-hydrogen) atoms. The summed E-state index contributed by atoms with van der Waals surface area (Å²) in [6.45, 7) is 6.96. The Morgan fingerprint density at radius 2 is 2.00 bits per heavy atom. The van der Waals surface area contributed by atoms with Crippen molar-refractivity contribution in [3.05, 3.63) is 23.3 Å². The average Bonchev–Trinajstić information content (AvgIpc) is 2.68. The molecule has 3 N–H and O–H groups in total. The first-order chi connectivity index (χ1) is 9.06. The van der Waals surface area contributed by atoms with Crippen LogP contribution in [0.4, 0.5) is 5.95 Å². The van der Waals surface area contributed by atoms with Gasteiger partial charge in [-0.2, -0.15) is 0 Å². The number of aliphatic hydroxyl groups excluding tert-OH is 2. The Kier molecular flexibility index (Phi) is 4.07. The summed E-state index contributed by atoms with van der Waals surface area (Å²) in [6, 6.07) is 4.12. The summed E-state index contributed by atoms with van der Waals surface area (Å²) in [5, 5.41) is 21.9. The third-order valence-corrected chi connectivity index (χ3v) is 3.30. The topological polar surface area (TPSA) is 70.3 Å². The van der Waals surface area contributed by atoms with Crippen molar-refractivity contribution in [3.8, 4) is 0 Å². The van der Waals surface area contributed by atoms with Crippen molar-refractivity contribution < 1.29 is 10.2 Å². The van der Waals surface area contributed by atoms with E-state index in [0.717, 1.165) is 23.5 Å². The molecular formula is C14H21N3O2. The number of imidazole rings is 1. The lowest BCUT2D eigenvalue weighted by Gasteiger charge is -2.13. The van der Waals surface area contributed by atoms with Gasteiger partial charge >= 0.3 is 0 Å². The Morgan fingerprint density at radius 1 is 1.32 bits per heavy atom. The van der Waals surface area contributed by atoms with Gasteiger partial charge in [0.2, 0.25) is 5.95 Å². The molecule has 0 radical (unpaired) electrons. The highest BCUT2D eigenvalue weighted by atomic mass is 16.3. The molecule has 5 heteroatoms. The van der Waals surface area contributed by atoms with Crippen LogP contribution in [0.25, 0.3) is 11.0 Å². The number of hydrogen-bond acceptors (Lipinski definition) is 4. The maximum atomic E-state index is 9.68. The van der Waals surface area contributed by atoms with Crippen LogP contribution in [0.1, 0.15) is 18.1 Å². The minimum Gasteiger partial charge on any atom is -0.394 e. The van der Waals surface area contributed by atoms with E-state index in [0.29, 0.717) is 6.54 Å². The molecule has 2 rings (SSSR count). The molecule has 1 aromatic carbocycles. The SMILES string of the molecule is CCNc1nc2cc(C)c(C)cc2n1CC(O)CO. The largest absolute Gasteiger partial charge is 0.394 e. The Balaban J connectivity index is 2.55. The summed E-state index contributed by atoms with van der Waals surface area (Å²) in [5.74, 6) is 0.731. The highest BCUT2D eigenvalue weighted by Crippen LogP contribution is 2.23. The molecule has 0 saturated carbocycles. The van der Waals surface area contributed by atoms with Crippen LogP contribution in [0.3, 0.4) is 0 Å². The molecule has 104 valence electrons. The Labute approximate surface area is 112 Å². The van der Waals surface area contributed by atoms with Gasteiger partial charge in [0.1, 0.15) is 0 Å². The number of nitrogens with one attached hydrogen (secondary N) is 1. The zero-order chi connectivity index (χ0) is 14.0. The first-order valence-electron chi connectivity index (χ1n) is 6.57. The molecule has 5 nitrogen and oxygen atoms in total. The molecule has 1 heterocycles. The molecule has 0 amide bonds. The predicted molar refractivity (Wildman–Crippen MR) is 76.5 cm³/mol. The van der Waals surface area contributed by atoms with E-state index >= 15 is 0 Å². The zero-order valence-electron chi connectivity index (χ0n) is 11.6. The first-order valence-corrected chi connectivity index (χ1v) is 6.57. The van der Waals surface area contributed by atoms with Gasteiger partial charge in [0.25, 0.3) is 0 Å². The van der Waals surface area contributed by atoms with Gasteiger partial charge in [0, 0.05) is 6.54 Å². The maximum Gasteiger partial charge on any atom is 0.203 e. The van der Waals surface area contributed by atoms with Crippen molar-refractivity contribution >= 4 is 17.0 Å². The molecule has 1 aromatic heterocycles. The molecule has 1 atom stereocenters. The van der Waals surface area contributed by atoms with Crippen LogP contribution in [0, 0.1) is 13.8 Å². The van der Waals surface area contributed by atoms with Crippen LogP contribution >= 0.6 is 0 Å². The minimum atomic E-state index is -0.781. The molecule has 0 fully saturated rings. The molecular weight excluding hydrogens is 242 g/mol. The summed E-state index contributed by atoms with van der Waals surface area (Å²) in [5.41, 5.74) is 4.27. The van der Waals surface area contributed by atoms with E-state index in [4.69, 9.17) is 5.11 Å². The first kappa shape index (κ1) is 13.8. The van der Waals surface area contributed by atoms with Crippen molar-refractivity contribution in [1.82, 2.24) is 9.55 Å². The van der Waals surface area contributed by atoms with E-state index in [1.165, 1.54) is 11.1 Å². The van der Waals surface area contributed by atoms with Gasteiger partial charge in [-0.15, -0.1) is 0 Å². The molecule has 0 bridgehead atoms. The quantitative estimate of drug-likeness (QED) is 0.763. The highest BCUT2D eigenvalue weighted by molar-refractivity contribution is 5.80. The van der Waals surface area contributed by atoms with Crippen molar-refractivity contribution in [1.29, 1.82) is 0 Å². The Morgan fingerprint density at radius 3 is 2.63 bits per heavy atom. The van der Waals surface area contributed by atoms with Crippen molar-refractivity contribution in [2.75, 3.05) is 18.5 Å². The number of nitrogens with zero attached hydrogens (tertiary/aromatic N) is 2. The fourth-order valence-corrected chi connectivity index (χ4v) is 2.13. The summed E-state index contributed by atoms with van der Waals surface area (Å²) in [6.07, 6.45) is -0.781. The second-order valence-electron chi connectivity index (χ2n) is 4.84. The molecule has 0 aliphatic rings. The summed E-state index contributed by atoms with van der Waals surface area (Å²) >= 11 is 0. The minimum absolute atomic E-state index is 0.254. The number of aromatic nitrogens is 2. The van der Waals surface area contributed by atoms with E-state index in [2.05, 4.69) is 30.2 Å². The molecule has 0 saturated heterocycles. The van der Waals surface area contributed by atoms with Crippen LogP contribution in [0.15, 0.2) is 12.1 Å². The summed E-state index contributed by atoms with van der Waals surface area (Å²) < 4.78 is 1.92. The van der Waals surface area contributed by atoms with Gasteiger partial charge in [-0.3, -0.25) is 0 Å². The molecule has 0 aliphatic carbocycles. The standard InChI is InChI=1S/C14H21N3O2/c1-4-15-14-16-12-5-9(2)10(3)6-13(12)17(14)7-11(19)8-18/h5-6,11,18-19H,4,7-8H2,1-3H3,(H,15,16). The third kappa shape index (κ3) is 2.72. The van der Waals surface area contributed by atoms with Crippen molar-refractivity contribution in [2.45, 2.75) is 33.4 Å². The normalized spacial score (nSPS) is 12.9. The maximum absolute atomic E-state index is 9.68. The van der Waals surface area contributed by atoms with Crippen LogP contribution in [0.2, 0.25) is 0 Å². The predicted octanol–water partition coefficient (Wildman–Crippen LogP) is 1.44. The molecule has 1 unspecified atom stereocenters.